The number of benzene rings is 1. The summed E-state index contributed by atoms with van der Waals surface area (Å²) in [7, 11) is -5.89. The molecule has 1 aliphatic rings. The van der Waals surface area contributed by atoms with Gasteiger partial charge in [0.2, 0.25) is 11.8 Å². The van der Waals surface area contributed by atoms with Crippen LogP contribution in [0, 0.1) is 5.82 Å². The smallest absolute Gasteiger partial charge is 0.355 e. The molecular weight excluding hydrogens is 506 g/mol. The molecule has 0 radical (unpaired) electrons. The van der Waals surface area contributed by atoms with E-state index in [-0.39, 0.29) is 29.4 Å². The highest BCUT2D eigenvalue weighted by Gasteiger charge is 2.49. The highest BCUT2D eigenvalue weighted by molar-refractivity contribution is 7.87. The monoisotopic (exact) mass is 525 g/mol. The molecule has 3 heterocycles. The zero-order valence-electron chi connectivity index (χ0n) is 18.7. The molecular formula is C22H19F4N5O4S. The number of anilines is 1. The van der Waals surface area contributed by atoms with E-state index < -0.39 is 27.2 Å². The number of nitrogens with zero attached hydrogens (tertiary/aromatic N) is 5. The van der Waals surface area contributed by atoms with Crippen molar-refractivity contribution < 1.29 is 30.2 Å². The average Bonchev–Trinajstić information content (AvgIpc) is 2.84. The van der Waals surface area contributed by atoms with Gasteiger partial charge in [0.15, 0.2) is 0 Å². The van der Waals surface area contributed by atoms with E-state index >= 15 is 0 Å². The summed E-state index contributed by atoms with van der Waals surface area (Å²) in [6.07, 6.45) is 4.84. The fourth-order valence-corrected chi connectivity index (χ4v) is 3.98. The van der Waals surface area contributed by atoms with Crippen molar-refractivity contribution in [2.24, 2.45) is 0 Å². The first kappa shape index (κ1) is 25.3. The Bertz CT molecular complexity index is 1470. The van der Waals surface area contributed by atoms with Crippen molar-refractivity contribution in [3.63, 3.8) is 0 Å². The van der Waals surface area contributed by atoms with Gasteiger partial charge in [0, 0.05) is 18.7 Å². The molecule has 0 aliphatic carbocycles. The maximum atomic E-state index is 13.1. The van der Waals surface area contributed by atoms with Crippen LogP contribution in [-0.2, 0) is 16.5 Å². The summed E-state index contributed by atoms with van der Waals surface area (Å²) in [5.41, 5.74) is -4.23. The van der Waals surface area contributed by atoms with Crippen molar-refractivity contribution in [2.45, 2.75) is 25.3 Å². The van der Waals surface area contributed by atoms with Crippen LogP contribution in [0.25, 0.3) is 11.3 Å². The Morgan fingerprint density at radius 3 is 2.44 bits per heavy atom. The highest BCUT2D eigenvalue weighted by atomic mass is 32.2. The molecule has 36 heavy (non-hydrogen) atoms. The molecule has 9 nitrogen and oxygen atoms in total. The molecule has 0 saturated heterocycles. The molecule has 0 saturated carbocycles. The molecule has 0 N–H and O–H groups in total. The van der Waals surface area contributed by atoms with E-state index in [9.17, 15) is 30.8 Å². The first-order chi connectivity index (χ1) is 17.0. The van der Waals surface area contributed by atoms with Crippen molar-refractivity contribution in [1.29, 1.82) is 0 Å². The second-order valence-corrected chi connectivity index (χ2v) is 9.27. The number of aryl methyl sites for hydroxylation is 1. The number of alkyl halides is 3. The van der Waals surface area contributed by atoms with Gasteiger partial charge in [0.1, 0.15) is 12.1 Å². The molecule has 0 amide bonds. The quantitative estimate of drug-likeness (QED) is 0.274. The predicted molar refractivity (Wildman–Crippen MR) is 122 cm³/mol. The minimum absolute atomic E-state index is 0.0331. The van der Waals surface area contributed by atoms with E-state index in [1.54, 1.807) is 24.0 Å². The third kappa shape index (κ3) is 5.22. The minimum Gasteiger partial charge on any atom is -0.355 e. The summed E-state index contributed by atoms with van der Waals surface area (Å²) in [5, 5.41) is 0. The van der Waals surface area contributed by atoms with Gasteiger partial charge in [-0.1, -0.05) is 25.1 Å². The molecule has 2 aromatic heterocycles. The third-order valence-electron chi connectivity index (χ3n) is 5.44. The molecule has 190 valence electrons. The molecule has 0 spiro atoms. The van der Waals surface area contributed by atoms with Crippen LogP contribution in [0.5, 0.6) is 5.88 Å². The number of halogens is 4. The normalized spacial score (nSPS) is 14.5. The molecule has 14 heteroatoms. The van der Waals surface area contributed by atoms with Crippen LogP contribution in [-0.4, -0.2) is 46.5 Å². The summed E-state index contributed by atoms with van der Waals surface area (Å²) in [6, 6.07) is 7.44. The Balaban J connectivity index is 1.54. The van der Waals surface area contributed by atoms with E-state index in [1.165, 1.54) is 24.5 Å². The Morgan fingerprint density at radius 2 is 1.86 bits per heavy atom. The van der Waals surface area contributed by atoms with Crippen molar-refractivity contribution in [3.8, 4) is 11.6 Å². The summed E-state index contributed by atoms with van der Waals surface area (Å²) < 4.78 is 78.9. The van der Waals surface area contributed by atoms with Gasteiger partial charge in [-0.2, -0.15) is 26.6 Å². The SMILES string of the molecule is CCc1cc(-n2cnc(N3CC=C(c4ccc(F)cc4)CC3)nc2=O)cnc1OS(=O)(=O)C(F)(F)F. The summed E-state index contributed by atoms with van der Waals surface area (Å²) in [4.78, 5) is 26.3. The molecule has 0 unspecified atom stereocenters. The second kappa shape index (κ2) is 9.68. The Kier molecular flexibility index (Phi) is 6.80. The highest BCUT2D eigenvalue weighted by Crippen LogP contribution is 2.29. The lowest BCUT2D eigenvalue weighted by Crippen LogP contribution is -2.33. The molecule has 0 fully saturated rings. The van der Waals surface area contributed by atoms with Crippen LogP contribution < -0.4 is 14.8 Å². The topological polar surface area (TPSA) is 107 Å². The number of pyridine rings is 1. The van der Waals surface area contributed by atoms with Gasteiger partial charge in [-0.25, -0.2) is 23.7 Å². The molecule has 4 rings (SSSR count). The first-order valence-electron chi connectivity index (χ1n) is 10.6. The van der Waals surface area contributed by atoms with E-state index in [4.69, 9.17) is 0 Å². The van der Waals surface area contributed by atoms with Gasteiger partial charge in [0.05, 0.1) is 11.9 Å². The zero-order chi connectivity index (χ0) is 26.1. The van der Waals surface area contributed by atoms with Gasteiger partial charge >= 0.3 is 21.3 Å². The van der Waals surface area contributed by atoms with E-state index in [1.807, 2.05) is 6.08 Å². The largest absolute Gasteiger partial charge is 0.534 e. The lowest BCUT2D eigenvalue weighted by molar-refractivity contribution is -0.0501. The lowest BCUT2D eigenvalue weighted by atomic mass is 10.00. The maximum absolute atomic E-state index is 13.1. The summed E-state index contributed by atoms with van der Waals surface area (Å²) in [6.45, 7) is 2.51. The van der Waals surface area contributed by atoms with E-state index in [2.05, 4.69) is 19.1 Å². The number of aromatic nitrogens is 4. The minimum atomic E-state index is -5.89. The molecule has 1 aromatic carbocycles. The van der Waals surface area contributed by atoms with Crippen LogP contribution in [0.3, 0.4) is 0 Å². The van der Waals surface area contributed by atoms with Crippen molar-refractivity contribution in [3.05, 3.63) is 76.4 Å². The predicted octanol–water partition coefficient (Wildman–Crippen LogP) is 3.25. The standard InChI is InChI=1S/C22H19F4N5O4S/c1-2-14-11-18(12-27-19(14)35-36(33,34)22(24,25)26)31-13-28-20(29-21(31)32)30-9-7-16(8-10-30)15-3-5-17(23)6-4-15/h3-7,11-13H,2,8-10H2,1H3. The number of hydrogen-bond donors (Lipinski definition) is 0. The number of rotatable bonds is 6. The van der Waals surface area contributed by atoms with Crippen LogP contribution in [0.1, 0.15) is 24.5 Å². The van der Waals surface area contributed by atoms with Gasteiger partial charge in [-0.05, 0) is 42.2 Å². The Labute approximate surface area is 202 Å². The number of hydrogen-bond acceptors (Lipinski definition) is 8. The fourth-order valence-electron chi connectivity index (χ4n) is 3.53. The molecule has 1 aliphatic heterocycles. The van der Waals surface area contributed by atoms with E-state index in [0.717, 1.165) is 21.9 Å². The van der Waals surface area contributed by atoms with Crippen molar-refractivity contribution >= 4 is 21.6 Å². The van der Waals surface area contributed by atoms with Crippen molar-refractivity contribution in [2.75, 3.05) is 18.0 Å². The molecule has 0 atom stereocenters. The van der Waals surface area contributed by atoms with Gasteiger partial charge in [-0.15, -0.1) is 0 Å². The third-order valence-corrected chi connectivity index (χ3v) is 6.38. The summed E-state index contributed by atoms with van der Waals surface area (Å²) in [5.74, 6) is -0.868. The Hall–Kier alpha value is -3.81. The molecule has 3 aromatic rings. The van der Waals surface area contributed by atoms with Gasteiger partial charge in [0.25, 0.3) is 0 Å². The fraction of sp³-hybridized carbons (Fsp3) is 0.273. The van der Waals surface area contributed by atoms with Crippen LogP contribution in [0.2, 0.25) is 0 Å². The zero-order valence-corrected chi connectivity index (χ0v) is 19.6. The van der Waals surface area contributed by atoms with Gasteiger partial charge in [-0.3, -0.25) is 0 Å². The van der Waals surface area contributed by atoms with Gasteiger partial charge < -0.3 is 9.08 Å². The van der Waals surface area contributed by atoms with Crippen LogP contribution in [0.15, 0.2) is 53.7 Å². The summed E-state index contributed by atoms with van der Waals surface area (Å²) >= 11 is 0. The Morgan fingerprint density at radius 1 is 1.14 bits per heavy atom. The van der Waals surface area contributed by atoms with Crippen LogP contribution >= 0.6 is 0 Å². The first-order valence-corrected chi connectivity index (χ1v) is 12.0. The average molecular weight is 525 g/mol. The second-order valence-electron chi connectivity index (χ2n) is 7.74. The van der Waals surface area contributed by atoms with Crippen LogP contribution in [0.4, 0.5) is 23.5 Å². The molecule has 0 bridgehead atoms. The lowest BCUT2D eigenvalue weighted by Gasteiger charge is -2.26. The van der Waals surface area contributed by atoms with E-state index in [0.29, 0.717) is 19.5 Å². The van der Waals surface area contributed by atoms with Crippen molar-refractivity contribution in [1.82, 2.24) is 19.5 Å². The maximum Gasteiger partial charge on any atom is 0.534 e.